The average molecular weight is 333 g/mol. The van der Waals surface area contributed by atoms with Crippen LogP contribution in [0.5, 0.6) is 0 Å². The highest BCUT2D eigenvalue weighted by Crippen LogP contribution is 2.18. The van der Waals surface area contributed by atoms with Crippen molar-refractivity contribution in [3.63, 3.8) is 0 Å². The van der Waals surface area contributed by atoms with Crippen molar-refractivity contribution in [1.29, 1.82) is 0 Å². The number of nitrogens with zero attached hydrogens (tertiary/aromatic N) is 3. The Balaban J connectivity index is 1.84. The minimum atomic E-state index is -4.36. The number of hydrogen-bond donors (Lipinski definition) is 2. The maximum Gasteiger partial charge on any atom is 0.408 e. The Morgan fingerprint density at radius 3 is 2.73 bits per heavy atom. The van der Waals surface area contributed by atoms with Crippen LogP contribution in [0, 0.1) is 13.8 Å². The first-order chi connectivity index (χ1) is 10.2. The van der Waals surface area contributed by atoms with Gasteiger partial charge in [-0.3, -0.25) is 4.68 Å². The summed E-state index contributed by atoms with van der Waals surface area (Å²) in [5, 5.41) is 9.29. The largest absolute Gasteiger partial charge is 0.408 e. The summed E-state index contributed by atoms with van der Waals surface area (Å²) in [6.45, 7) is 2.87. The molecule has 0 radical (unpaired) electrons. The van der Waals surface area contributed by atoms with Crippen molar-refractivity contribution in [2.24, 2.45) is 0 Å². The molecular weight excluding hydrogens is 319 g/mol. The SMILES string of the molecule is Cc1nc(CNC(=O)Nc2cnn(CC(F)(F)F)c2)sc1C. The summed E-state index contributed by atoms with van der Waals surface area (Å²) in [5.74, 6) is 0. The summed E-state index contributed by atoms with van der Waals surface area (Å²) in [6.07, 6.45) is -2.08. The van der Waals surface area contributed by atoms with Crippen molar-refractivity contribution in [2.45, 2.75) is 33.1 Å². The number of amides is 2. The van der Waals surface area contributed by atoms with E-state index in [0.29, 0.717) is 4.68 Å². The molecule has 6 nitrogen and oxygen atoms in total. The third kappa shape index (κ3) is 4.72. The Hall–Kier alpha value is -2.10. The predicted molar refractivity (Wildman–Crippen MR) is 75.7 cm³/mol. The molecule has 0 saturated carbocycles. The minimum absolute atomic E-state index is 0.188. The zero-order valence-corrected chi connectivity index (χ0v) is 12.7. The van der Waals surface area contributed by atoms with Gasteiger partial charge in [0.15, 0.2) is 0 Å². The molecule has 0 bridgehead atoms. The van der Waals surface area contributed by atoms with Gasteiger partial charge in [-0.2, -0.15) is 18.3 Å². The van der Waals surface area contributed by atoms with Crippen LogP contribution in [0.25, 0.3) is 0 Å². The van der Waals surface area contributed by atoms with Crippen LogP contribution in [0.15, 0.2) is 12.4 Å². The van der Waals surface area contributed by atoms with Gasteiger partial charge in [0.05, 0.1) is 24.1 Å². The van der Waals surface area contributed by atoms with Gasteiger partial charge in [0, 0.05) is 11.1 Å². The predicted octanol–water partition coefficient (Wildman–Crippen LogP) is 2.84. The molecule has 0 fully saturated rings. The monoisotopic (exact) mass is 333 g/mol. The molecule has 0 spiro atoms. The number of aryl methyl sites for hydroxylation is 2. The normalized spacial score (nSPS) is 11.5. The van der Waals surface area contributed by atoms with E-state index in [1.165, 1.54) is 11.3 Å². The average Bonchev–Trinajstić information content (AvgIpc) is 2.93. The van der Waals surface area contributed by atoms with Crippen LogP contribution >= 0.6 is 11.3 Å². The van der Waals surface area contributed by atoms with E-state index in [-0.39, 0.29) is 12.2 Å². The fourth-order valence-electron chi connectivity index (χ4n) is 1.64. The van der Waals surface area contributed by atoms with Crippen LogP contribution in [0.1, 0.15) is 15.6 Å². The van der Waals surface area contributed by atoms with Gasteiger partial charge in [-0.15, -0.1) is 11.3 Å². The highest BCUT2D eigenvalue weighted by atomic mass is 32.1. The molecule has 0 aliphatic rings. The quantitative estimate of drug-likeness (QED) is 0.904. The van der Waals surface area contributed by atoms with E-state index in [9.17, 15) is 18.0 Å². The van der Waals surface area contributed by atoms with E-state index in [4.69, 9.17) is 0 Å². The number of rotatable bonds is 4. The molecule has 120 valence electrons. The second kappa shape index (κ2) is 6.34. The van der Waals surface area contributed by atoms with Crippen molar-refractivity contribution >= 4 is 23.1 Å². The van der Waals surface area contributed by atoms with Crippen molar-refractivity contribution in [3.05, 3.63) is 28.0 Å². The molecule has 2 aromatic heterocycles. The summed E-state index contributed by atoms with van der Waals surface area (Å²) in [7, 11) is 0. The van der Waals surface area contributed by atoms with E-state index in [1.54, 1.807) is 0 Å². The van der Waals surface area contributed by atoms with Gasteiger partial charge in [-0.25, -0.2) is 9.78 Å². The molecule has 0 aliphatic carbocycles. The molecule has 2 N–H and O–H groups in total. The Kier molecular flexibility index (Phi) is 4.69. The van der Waals surface area contributed by atoms with E-state index >= 15 is 0 Å². The number of halogens is 3. The van der Waals surface area contributed by atoms with E-state index in [1.807, 2.05) is 13.8 Å². The fraction of sp³-hybridized carbons (Fsp3) is 0.417. The Labute approximate surface area is 128 Å². The molecule has 2 aromatic rings. The number of anilines is 1. The van der Waals surface area contributed by atoms with Gasteiger partial charge in [0.2, 0.25) is 0 Å². The molecule has 0 saturated heterocycles. The van der Waals surface area contributed by atoms with Gasteiger partial charge in [0.25, 0.3) is 0 Å². The first-order valence-electron chi connectivity index (χ1n) is 6.30. The lowest BCUT2D eigenvalue weighted by Crippen LogP contribution is -2.28. The molecule has 0 atom stereocenters. The molecule has 0 unspecified atom stereocenters. The van der Waals surface area contributed by atoms with Crippen LogP contribution in [0.2, 0.25) is 0 Å². The van der Waals surface area contributed by atoms with Crippen molar-refractivity contribution in [3.8, 4) is 0 Å². The Morgan fingerprint density at radius 1 is 1.41 bits per heavy atom. The summed E-state index contributed by atoms with van der Waals surface area (Å²) < 4.78 is 37.3. The molecule has 0 aliphatic heterocycles. The van der Waals surface area contributed by atoms with Crippen LogP contribution in [-0.2, 0) is 13.1 Å². The third-order valence-corrected chi connectivity index (χ3v) is 3.78. The molecular formula is C12H14F3N5OS. The smallest absolute Gasteiger partial charge is 0.331 e. The van der Waals surface area contributed by atoms with Crippen molar-refractivity contribution < 1.29 is 18.0 Å². The van der Waals surface area contributed by atoms with Gasteiger partial charge in [-0.1, -0.05) is 0 Å². The maximum atomic E-state index is 12.2. The van der Waals surface area contributed by atoms with Crippen LogP contribution in [0.4, 0.5) is 23.7 Å². The zero-order chi connectivity index (χ0) is 16.3. The topological polar surface area (TPSA) is 71.8 Å². The Morgan fingerprint density at radius 2 is 2.14 bits per heavy atom. The number of hydrogen-bond acceptors (Lipinski definition) is 4. The van der Waals surface area contributed by atoms with Crippen molar-refractivity contribution in [1.82, 2.24) is 20.1 Å². The highest BCUT2D eigenvalue weighted by molar-refractivity contribution is 7.11. The number of thiazole rings is 1. The van der Waals surface area contributed by atoms with E-state index < -0.39 is 18.8 Å². The first kappa shape index (κ1) is 16.3. The number of urea groups is 1. The number of carbonyl (C=O) groups is 1. The third-order valence-electron chi connectivity index (χ3n) is 2.71. The van der Waals surface area contributed by atoms with Crippen LogP contribution in [0.3, 0.4) is 0 Å². The molecule has 2 heterocycles. The summed E-state index contributed by atoms with van der Waals surface area (Å²) in [5.41, 5.74) is 1.10. The van der Waals surface area contributed by atoms with Gasteiger partial charge >= 0.3 is 12.2 Å². The van der Waals surface area contributed by atoms with Gasteiger partial charge in [0.1, 0.15) is 11.6 Å². The summed E-state index contributed by atoms with van der Waals surface area (Å²) >= 11 is 1.48. The van der Waals surface area contributed by atoms with Gasteiger partial charge < -0.3 is 10.6 Å². The second-order valence-electron chi connectivity index (χ2n) is 4.60. The molecule has 2 rings (SSSR count). The maximum absolute atomic E-state index is 12.2. The molecule has 2 amide bonds. The first-order valence-corrected chi connectivity index (χ1v) is 7.11. The lowest BCUT2D eigenvalue weighted by Gasteiger charge is -2.05. The molecule has 10 heteroatoms. The molecule has 0 aromatic carbocycles. The number of aromatic nitrogens is 3. The van der Waals surface area contributed by atoms with E-state index in [2.05, 4.69) is 20.7 Å². The summed E-state index contributed by atoms with van der Waals surface area (Å²) in [4.78, 5) is 17.0. The fourth-order valence-corrected chi connectivity index (χ4v) is 2.52. The number of alkyl halides is 3. The second-order valence-corrected chi connectivity index (χ2v) is 5.89. The molecule has 22 heavy (non-hydrogen) atoms. The minimum Gasteiger partial charge on any atom is -0.331 e. The number of nitrogens with one attached hydrogen (secondary N) is 2. The summed E-state index contributed by atoms with van der Waals surface area (Å²) in [6, 6.07) is -0.530. The van der Waals surface area contributed by atoms with Gasteiger partial charge in [-0.05, 0) is 13.8 Å². The van der Waals surface area contributed by atoms with Crippen molar-refractivity contribution in [2.75, 3.05) is 5.32 Å². The zero-order valence-electron chi connectivity index (χ0n) is 11.9. The van der Waals surface area contributed by atoms with Crippen LogP contribution < -0.4 is 10.6 Å². The lowest BCUT2D eigenvalue weighted by atomic mass is 10.4. The highest BCUT2D eigenvalue weighted by Gasteiger charge is 2.28. The number of carbonyl (C=O) groups excluding carboxylic acids is 1. The lowest BCUT2D eigenvalue weighted by molar-refractivity contribution is -0.142. The van der Waals surface area contributed by atoms with Crippen LogP contribution in [-0.4, -0.2) is 27.0 Å². The Bertz CT molecular complexity index is 645. The standard InChI is InChI=1S/C12H14F3N5OS/c1-7-8(2)22-10(18-7)4-16-11(21)19-9-3-17-20(5-9)6-12(13,14)15/h3,5H,4,6H2,1-2H3,(H2,16,19,21). The van der Waals surface area contributed by atoms with E-state index in [0.717, 1.165) is 28.0 Å².